The molecular formula is C54H35NO. The highest BCUT2D eigenvalue weighted by Gasteiger charge is 2.21. The number of fused-ring (bicyclic) bond motifs is 6. The summed E-state index contributed by atoms with van der Waals surface area (Å²) in [6.45, 7) is 0. The molecule has 11 rings (SSSR count). The number of nitrogens with zero attached hydrogens (tertiary/aromatic N) is 1. The lowest BCUT2D eigenvalue weighted by Crippen LogP contribution is -2.11. The van der Waals surface area contributed by atoms with Crippen molar-refractivity contribution in [1.29, 1.82) is 0 Å². The summed E-state index contributed by atoms with van der Waals surface area (Å²) in [6, 6.07) is 76.6. The summed E-state index contributed by atoms with van der Waals surface area (Å²) in [5.41, 5.74) is 10.1. The maximum absolute atomic E-state index is 6.30. The summed E-state index contributed by atoms with van der Waals surface area (Å²) in [5.74, 6) is 0.871. The lowest BCUT2D eigenvalue weighted by atomic mass is 9.94. The zero-order valence-electron chi connectivity index (χ0n) is 30.6. The van der Waals surface area contributed by atoms with Crippen LogP contribution in [0.4, 0.5) is 17.1 Å². The molecule has 1 aromatic heterocycles. The van der Waals surface area contributed by atoms with Gasteiger partial charge in [0, 0.05) is 27.4 Å². The fourth-order valence-corrected chi connectivity index (χ4v) is 8.59. The van der Waals surface area contributed by atoms with E-state index in [0.717, 1.165) is 44.9 Å². The van der Waals surface area contributed by atoms with Gasteiger partial charge < -0.3 is 9.32 Å². The second-order valence-corrected chi connectivity index (χ2v) is 14.5. The van der Waals surface area contributed by atoms with Gasteiger partial charge in [0.1, 0.15) is 11.3 Å². The van der Waals surface area contributed by atoms with Gasteiger partial charge in [-0.15, -0.1) is 0 Å². The van der Waals surface area contributed by atoms with E-state index < -0.39 is 0 Å². The van der Waals surface area contributed by atoms with Crippen LogP contribution in [0, 0.1) is 0 Å². The minimum atomic E-state index is 0.871. The quantitative estimate of drug-likeness (QED) is 0.160. The van der Waals surface area contributed by atoms with Crippen molar-refractivity contribution < 1.29 is 4.42 Å². The van der Waals surface area contributed by atoms with Crippen LogP contribution < -0.4 is 4.90 Å². The van der Waals surface area contributed by atoms with Crippen LogP contribution in [-0.2, 0) is 0 Å². The predicted molar refractivity (Wildman–Crippen MR) is 237 cm³/mol. The number of hydrogen-bond acceptors (Lipinski definition) is 2. The van der Waals surface area contributed by atoms with Gasteiger partial charge in [-0.2, -0.15) is 0 Å². The molecule has 0 N–H and O–H groups in total. The average Bonchev–Trinajstić information content (AvgIpc) is 3.72. The minimum Gasteiger partial charge on any atom is -0.456 e. The SMILES string of the molecule is c1cc(-c2cc3ccccc3o2)cc(-c2ccc(N(c3ccc(-c4cccc5ccccc45)cc3)c3cc4ccccc4c4ccccc34)c3ccccc23)c1. The molecule has 0 unspecified atom stereocenters. The maximum atomic E-state index is 6.30. The van der Waals surface area contributed by atoms with Crippen molar-refractivity contribution in [2.75, 3.05) is 4.90 Å². The Bertz CT molecular complexity index is 3220. The third-order valence-electron chi connectivity index (χ3n) is 11.2. The van der Waals surface area contributed by atoms with E-state index in [1.165, 1.54) is 59.8 Å². The Hall–Kier alpha value is -7.42. The molecule has 0 radical (unpaired) electrons. The first-order valence-electron chi connectivity index (χ1n) is 19.2. The van der Waals surface area contributed by atoms with E-state index in [4.69, 9.17) is 4.42 Å². The van der Waals surface area contributed by atoms with Crippen LogP contribution in [-0.4, -0.2) is 0 Å². The number of benzene rings is 10. The Morgan fingerprint density at radius 3 is 1.70 bits per heavy atom. The fraction of sp³-hybridized carbons (Fsp3) is 0. The zero-order valence-corrected chi connectivity index (χ0v) is 30.6. The summed E-state index contributed by atoms with van der Waals surface area (Å²) in [6.07, 6.45) is 0. The Balaban J connectivity index is 1.11. The van der Waals surface area contributed by atoms with Crippen molar-refractivity contribution in [2.24, 2.45) is 0 Å². The molecule has 0 saturated heterocycles. The Morgan fingerprint density at radius 1 is 0.304 bits per heavy atom. The first kappa shape index (κ1) is 32.0. The smallest absolute Gasteiger partial charge is 0.135 e. The van der Waals surface area contributed by atoms with E-state index in [-0.39, 0.29) is 0 Å². The molecule has 0 bridgehead atoms. The number of para-hydroxylation sites is 1. The van der Waals surface area contributed by atoms with Crippen LogP contribution in [0.3, 0.4) is 0 Å². The van der Waals surface area contributed by atoms with Crippen LogP contribution >= 0.6 is 0 Å². The van der Waals surface area contributed by atoms with E-state index in [1.807, 2.05) is 12.1 Å². The largest absolute Gasteiger partial charge is 0.456 e. The van der Waals surface area contributed by atoms with Gasteiger partial charge in [0.2, 0.25) is 0 Å². The normalized spacial score (nSPS) is 11.6. The zero-order chi connectivity index (χ0) is 37.0. The molecule has 10 aromatic carbocycles. The molecule has 0 fully saturated rings. The van der Waals surface area contributed by atoms with E-state index >= 15 is 0 Å². The molecule has 0 aliphatic rings. The average molecular weight is 714 g/mol. The Labute approximate surface area is 325 Å². The van der Waals surface area contributed by atoms with Gasteiger partial charge in [0.05, 0.1) is 11.4 Å². The molecule has 2 heteroatoms. The molecule has 0 aliphatic heterocycles. The molecular weight excluding hydrogens is 679 g/mol. The molecule has 1 heterocycles. The molecule has 0 saturated carbocycles. The summed E-state index contributed by atoms with van der Waals surface area (Å²) in [7, 11) is 0. The van der Waals surface area contributed by atoms with Crippen molar-refractivity contribution in [3.8, 4) is 33.6 Å². The second kappa shape index (κ2) is 13.2. The second-order valence-electron chi connectivity index (χ2n) is 14.5. The van der Waals surface area contributed by atoms with E-state index in [0.29, 0.717) is 0 Å². The predicted octanol–water partition coefficient (Wildman–Crippen LogP) is 15.5. The van der Waals surface area contributed by atoms with Gasteiger partial charge in [-0.05, 0) is 97.0 Å². The third kappa shape index (κ3) is 5.34. The fourth-order valence-electron chi connectivity index (χ4n) is 8.59. The highest BCUT2D eigenvalue weighted by atomic mass is 16.3. The van der Waals surface area contributed by atoms with Gasteiger partial charge in [0.15, 0.2) is 0 Å². The van der Waals surface area contributed by atoms with Crippen molar-refractivity contribution in [2.45, 2.75) is 0 Å². The minimum absolute atomic E-state index is 0.871. The monoisotopic (exact) mass is 713 g/mol. The van der Waals surface area contributed by atoms with Gasteiger partial charge >= 0.3 is 0 Å². The number of anilines is 3. The maximum Gasteiger partial charge on any atom is 0.135 e. The molecule has 262 valence electrons. The highest BCUT2D eigenvalue weighted by molar-refractivity contribution is 6.16. The molecule has 56 heavy (non-hydrogen) atoms. The molecule has 0 aliphatic carbocycles. The highest BCUT2D eigenvalue weighted by Crippen LogP contribution is 2.46. The first-order chi connectivity index (χ1) is 27.8. The van der Waals surface area contributed by atoms with E-state index in [2.05, 4.69) is 205 Å². The van der Waals surface area contributed by atoms with Crippen molar-refractivity contribution in [3.05, 3.63) is 212 Å². The van der Waals surface area contributed by atoms with Gasteiger partial charge in [-0.25, -0.2) is 0 Å². The van der Waals surface area contributed by atoms with Crippen LogP contribution in [0.25, 0.3) is 87.6 Å². The third-order valence-corrected chi connectivity index (χ3v) is 11.2. The molecule has 0 atom stereocenters. The summed E-state index contributed by atoms with van der Waals surface area (Å²) in [5, 5.41) is 10.9. The number of rotatable bonds is 6. The number of furan rings is 1. The number of hydrogen-bond donors (Lipinski definition) is 0. The molecule has 2 nitrogen and oxygen atoms in total. The van der Waals surface area contributed by atoms with Crippen molar-refractivity contribution >= 4 is 71.1 Å². The topological polar surface area (TPSA) is 16.4 Å². The van der Waals surface area contributed by atoms with Gasteiger partial charge in [-0.1, -0.05) is 170 Å². The summed E-state index contributed by atoms with van der Waals surface area (Å²) >= 11 is 0. The van der Waals surface area contributed by atoms with Crippen LogP contribution in [0.2, 0.25) is 0 Å². The Kier molecular flexibility index (Phi) is 7.53. The van der Waals surface area contributed by atoms with Gasteiger partial charge in [0.25, 0.3) is 0 Å². The Morgan fingerprint density at radius 2 is 0.893 bits per heavy atom. The van der Waals surface area contributed by atoms with Crippen LogP contribution in [0.1, 0.15) is 0 Å². The molecule has 0 spiro atoms. The lowest BCUT2D eigenvalue weighted by Gasteiger charge is -2.29. The van der Waals surface area contributed by atoms with E-state index in [9.17, 15) is 0 Å². The molecule has 11 aromatic rings. The standard InChI is InChI=1S/C54H35NO/c1-4-19-43-36(13-1)16-12-25-44(43)37-27-29-42(30-28-37)55(52-34-39-14-2-5-20-45(39)47-21-7-9-24-50(47)52)51-32-31-46(48-22-6-8-23-49(48)51)38-17-11-18-40(33-38)54-35-41-15-3-10-26-53(41)56-54/h1-35H. The van der Waals surface area contributed by atoms with Crippen molar-refractivity contribution in [3.63, 3.8) is 0 Å². The van der Waals surface area contributed by atoms with E-state index in [1.54, 1.807) is 0 Å². The molecule has 0 amide bonds. The summed E-state index contributed by atoms with van der Waals surface area (Å²) < 4.78 is 6.30. The lowest BCUT2D eigenvalue weighted by molar-refractivity contribution is 0.631. The van der Waals surface area contributed by atoms with Crippen LogP contribution in [0.5, 0.6) is 0 Å². The van der Waals surface area contributed by atoms with Crippen molar-refractivity contribution in [1.82, 2.24) is 0 Å². The first-order valence-corrected chi connectivity index (χ1v) is 19.2. The van der Waals surface area contributed by atoms with Gasteiger partial charge in [-0.3, -0.25) is 0 Å². The van der Waals surface area contributed by atoms with Crippen LogP contribution in [0.15, 0.2) is 217 Å². The summed E-state index contributed by atoms with van der Waals surface area (Å²) in [4.78, 5) is 2.46.